The Hall–Kier alpha value is -5.63. The summed E-state index contributed by atoms with van der Waals surface area (Å²) in [5, 5.41) is 21.3. The van der Waals surface area contributed by atoms with E-state index in [1.807, 2.05) is 0 Å². The Kier molecular flexibility index (Phi) is 11.1. The van der Waals surface area contributed by atoms with Gasteiger partial charge in [-0.05, 0) is 58.3 Å². The molecule has 0 aliphatic carbocycles. The molecule has 1 fully saturated rings. The molecular weight excluding hydrogens is 737 g/mol. The van der Waals surface area contributed by atoms with E-state index in [9.17, 15) is 33.9 Å². The molecule has 2 aliphatic heterocycles. The summed E-state index contributed by atoms with van der Waals surface area (Å²) in [5.41, 5.74) is 13.9. The quantitative estimate of drug-likeness (QED) is 0.117. The number of anilines is 1. The average molecular weight is 773 g/mol. The zero-order chi connectivity index (χ0) is 38.8. The molecular formula is C35H36N10O7S2. The molecule has 6 rings (SSSR count). The third-order valence-corrected chi connectivity index (χ3v) is 11.3. The number of nitrogens with zero attached hydrogens (tertiary/aromatic N) is 7. The van der Waals surface area contributed by atoms with E-state index in [0.717, 1.165) is 4.90 Å². The Balaban J connectivity index is 1.28. The molecule has 4 aromatic rings. The van der Waals surface area contributed by atoms with Crippen molar-refractivity contribution < 1.29 is 29.1 Å². The van der Waals surface area contributed by atoms with Gasteiger partial charge in [-0.25, -0.2) is 14.4 Å². The number of carboxylic acid groups (broad SMARTS) is 1. The molecule has 4 amide bonds. The van der Waals surface area contributed by atoms with Crippen molar-refractivity contribution in [2.75, 3.05) is 16.4 Å². The molecule has 2 aromatic heterocycles. The number of hydrogen-bond acceptors (Lipinski definition) is 13. The minimum absolute atomic E-state index is 0.157. The van der Waals surface area contributed by atoms with Gasteiger partial charge in [-0.1, -0.05) is 54.2 Å². The number of imide groups is 1. The van der Waals surface area contributed by atoms with Gasteiger partial charge in [-0.15, -0.1) is 16.9 Å². The minimum atomic E-state index is -1.28. The number of nitrogens with two attached hydrogens (primary N) is 2. The number of nitrogens with one attached hydrogen (secondary N) is 1. The number of carbonyl (C=O) groups is 5. The first-order valence-corrected chi connectivity index (χ1v) is 18.6. The number of H-pyrrole nitrogens is 1. The van der Waals surface area contributed by atoms with Crippen molar-refractivity contribution in [3.05, 3.63) is 99.5 Å². The number of tetrazole rings is 1. The van der Waals surface area contributed by atoms with Crippen LogP contribution in [0.2, 0.25) is 0 Å². The first kappa shape index (κ1) is 38.1. The molecule has 2 aromatic carbocycles. The summed E-state index contributed by atoms with van der Waals surface area (Å²) >= 11 is 2.54. The Morgan fingerprint density at radius 3 is 2.33 bits per heavy atom. The van der Waals surface area contributed by atoms with Crippen molar-refractivity contribution in [3.8, 4) is 11.3 Å². The minimum Gasteiger partial charge on any atom is -0.477 e. The normalized spacial score (nSPS) is 17.6. The van der Waals surface area contributed by atoms with Crippen LogP contribution in [0.1, 0.15) is 31.0 Å². The number of benzene rings is 2. The zero-order valence-corrected chi connectivity index (χ0v) is 30.9. The van der Waals surface area contributed by atoms with Crippen LogP contribution in [0.3, 0.4) is 0 Å². The first-order valence-electron chi connectivity index (χ1n) is 16.6. The van der Waals surface area contributed by atoms with Gasteiger partial charge < -0.3 is 26.5 Å². The van der Waals surface area contributed by atoms with Gasteiger partial charge in [0.25, 0.3) is 11.5 Å². The number of thioether (sulfide) groups is 2. The molecule has 17 nitrogen and oxygen atoms in total. The molecule has 2 aliphatic rings. The standard InChI is InChI=1S/C35H36N10O7S2/c1-18(36)30(48)44(19(2)46)24-12-9-20(10-13-24)25-14-11-22(29(47)38-25)15-43(31(49)26(37)21-7-5-4-6-8-21)28-32(50)45-27(34(51)52)23(16-53-33(28)45)17-54-35-39-40-41-42(35)3/h4-14,18,26,28,33H,15-17,36-37H2,1-3H3,(H,38,47)(H,51,52)/t18?,26?,28?,33-/m0/s1. The first-order chi connectivity index (χ1) is 25.8. The van der Waals surface area contributed by atoms with Gasteiger partial charge in [0.1, 0.15) is 23.2 Å². The maximum Gasteiger partial charge on any atom is 0.352 e. The highest BCUT2D eigenvalue weighted by molar-refractivity contribution is 8.01. The molecule has 0 radical (unpaired) electrons. The van der Waals surface area contributed by atoms with E-state index in [4.69, 9.17) is 11.5 Å². The lowest BCUT2D eigenvalue weighted by molar-refractivity contribution is -0.161. The summed E-state index contributed by atoms with van der Waals surface area (Å²) in [6.45, 7) is 2.44. The van der Waals surface area contributed by atoms with Crippen LogP contribution in [-0.4, -0.2) is 98.7 Å². The summed E-state index contributed by atoms with van der Waals surface area (Å²) in [5.74, 6) is -3.11. The summed E-state index contributed by atoms with van der Waals surface area (Å²) < 4.78 is 1.45. The predicted molar refractivity (Wildman–Crippen MR) is 199 cm³/mol. The van der Waals surface area contributed by atoms with Crippen molar-refractivity contribution in [1.82, 2.24) is 35.0 Å². The Bertz CT molecular complexity index is 2210. The van der Waals surface area contributed by atoms with Crippen LogP contribution in [0.25, 0.3) is 11.3 Å². The number of carbonyl (C=O) groups excluding carboxylic acids is 4. The number of aryl methyl sites for hydroxylation is 1. The fraction of sp³-hybridized carbons (Fsp3) is 0.286. The highest BCUT2D eigenvalue weighted by Crippen LogP contribution is 2.44. The number of amides is 4. The number of aliphatic carboxylic acids is 1. The number of rotatable bonds is 12. The van der Waals surface area contributed by atoms with Gasteiger partial charge >= 0.3 is 5.97 Å². The van der Waals surface area contributed by atoms with Crippen LogP contribution in [-0.2, 0) is 37.6 Å². The van der Waals surface area contributed by atoms with Crippen LogP contribution in [0, 0.1) is 0 Å². The fourth-order valence-corrected chi connectivity index (χ4v) is 8.56. The molecule has 1 saturated heterocycles. The molecule has 0 spiro atoms. The van der Waals surface area contributed by atoms with E-state index in [2.05, 4.69) is 20.5 Å². The third kappa shape index (κ3) is 7.43. The topological polar surface area (TPSA) is 244 Å². The van der Waals surface area contributed by atoms with Gasteiger partial charge in [-0.2, -0.15) is 0 Å². The van der Waals surface area contributed by atoms with Crippen molar-refractivity contribution in [2.45, 2.75) is 49.0 Å². The number of aromatic nitrogens is 5. The van der Waals surface area contributed by atoms with Gasteiger partial charge in [0.2, 0.25) is 22.9 Å². The van der Waals surface area contributed by atoms with E-state index in [-0.39, 0.29) is 29.3 Å². The molecule has 0 bridgehead atoms. The van der Waals surface area contributed by atoms with Crippen molar-refractivity contribution in [1.29, 1.82) is 0 Å². The number of carboxylic acids is 1. The van der Waals surface area contributed by atoms with Gasteiger partial charge in [-0.3, -0.25) is 28.9 Å². The van der Waals surface area contributed by atoms with Gasteiger partial charge in [0.15, 0.2) is 0 Å². The molecule has 6 N–H and O–H groups in total. The Labute approximate surface area is 316 Å². The summed E-state index contributed by atoms with van der Waals surface area (Å²) in [4.78, 5) is 85.2. The van der Waals surface area contributed by atoms with E-state index < -0.39 is 58.7 Å². The number of aromatic amines is 1. The van der Waals surface area contributed by atoms with Crippen LogP contribution in [0.4, 0.5) is 5.69 Å². The van der Waals surface area contributed by atoms with E-state index in [1.165, 1.54) is 57.9 Å². The summed E-state index contributed by atoms with van der Waals surface area (Å²) in [6.07, 6.45) is 0. The Morgan fingerprint density at radius 2 is 1.74 bits per heavy atom. The largest absolute Gasteiger partial charge is 0.477 e. The zero-order valence-electron chi connectivity index (χ0n) is 29.3. The Morgan fingerprint density at radius 1 is 1.04 bits per heavy atom. The highest BCUT2D eigenvalue weighted by Gasteiger charge is 2.57. The third-order valence-electron chi connectivity index (χ3n) is 8.92. The molecule has 54 heavy (non-hydrogen) atoms. The second kappa shape index (κ2) is 15.8. The number of hydrogen-bond donors (Lipinski definition) is 4. The van der Waals surface area contributed by atoms with E-state index in [0.29, 0.717) is 33.2 Å². The lowest BCUT2D eigenvalue weighted by atomic mass is 9.98. The van der Waals surface area contributed by atoms with Crippen molar-refractivity contribution in [3.63, 3.8) is 0 Å². The van der Waals surface area contributed by atoms with Crippen molar-refractivity contribution in [2.24, 2.45) is 18.5 Å². The second-order valence-corrected chi connectivity index (χ2v) is 14.6. The van der Waals surface area contributed by atoms with Crippen molar-refractivity contribution >= 4 is 58.8 Å². The summed E-state index contributed by atoms with van der Waals surface area (Å²) in [7, 11) is 1.66. The van der Waals surface area contributed by atoms with E-state index >= 15 is 0 Å². The lowest BCUT2D eigenvalue weighted by Gasteiger charge is -2.53. The highest BCUT2D eigenvalue weighted by atomic mass is 32.2. The van der Waals surface area contributed by atoms with E-state index in [1.54, 1.807) is 67.7 Å². The SMILES string of the molecule is CC(=O)N(C(=O)C(C)N)c1ccc(-c2ccc(CN(C(=O)C(N)c3ccccc3)C3C(=O)N4C(C(=O)O)=C(CSc5nnnn5C)CS[C@@H]34)c(=O)[nH]2)cc1. The lowest BCUT2D eigenvalue weighted by Crippen LogP contribution is -2.71. The maximum atomic E-state index is 14.2. The summed E-state index contributed by atoms with van der Waals surface area (Å²) in [6, 6.07) is 14.9. The monoisotopic (exact) mass is 772 g/mol. The van der Waals surface area contributed by atoms with Gasteiger partial charge in [0.05, 0.1) is 18.3 Å². The molecule has 4 atom stereocenters. The predicted octanol–water partition coefficient (Wildman–Crippen LogP) is 1.24. The van der Waals surface area contributed by atoms with Crippen LogP contribution in [0.15, 0.2) is 88.0 Å². The molecule has 0 saturated carbocycles. The number of fused-ring (bicyclic) bond motifs is 1. The van der Waals surface area contributed by atoms with Crippen LogP contribution >= 0.6 is 23.5 Å². The van der Waals surface area contributed by atoms with Gasteiger partial charge in [0, 0.05) is 36.7 Å². The molecule has 3 unspecified atom stereocenters. The second-order valence-electron chi connectivity index (χ2n) is 12.6. The smallest absolute Gasteiger partial charge is 0.352 e. The fourth-order valence-electron chi connectivity index (χ4n) is 6.16. The number of pyridine rings is 1. The molecule has 19 heteroatoms. The molecule has 280 valence electrons. The molecule has 4 heterocycles. The number of β-lactam (4-membered cyclic amide) rings is 1. The maximum absolute atomic E-state index is 14.2. The van der Waals surface area contributed by atoms with Crippen LogP contribution < -0.4 is 21.9 Å². The average Bonchev–Trinajstić information content (AvgIpc) is 3.57. The van der Waals surface area contributed by atoms with Crippen LogP contribution in [0.5, 0.6) is 0 Å².